The Kier molecular flexibility index (Phi) is 5.62. The Labute approximate surface area is 126 Å². The summed E-state index contributed by atoms with van der Waals surface area (Å²) in [5.41, 5.74) is 0.139. The number of benzene rings is 1. The van der Waals surface area contributed by atoms with E-state index in [1.54, 1.807) is 7.11 Å². The Morgan fingerprint density at radius 1 is 1.19 bits per heavy atom. The summed E-state index contributed by atoms with van der Waals surface area (Å²) in [4.78, 5) is 12.7. The van der Waals surface area contributed by atoms with Crippen LogP contribution >= 0.6 is 0 Å². The number of ether oxygens (including phenoxy) is 2. The van der Waals surface area contributed by atoms with Crippen molar-refractivity contribution in [3.05, 3.63) is 24.3 Å². The maximum Gasteiger partial charge on any atom is 0.256 e. The number of nitrogens with one attached hydrogen (secondary N) is 1. The fraction of sp³-hybridized carbons (Fsp3) is 0.588. The average molecular weight is 291 g/mol. The van der Waals surface area contributed by atoms with Crippen LogP contribution in [0.5, 0.6) is 5.75 Å². The topological polar surface area (TPSA) is 47.6 Å². The van der Waals surface area contributed by atoms with Crippen LogP contribution in [0.3, 0.4) is 0 Å². The summed E-state index contributed by atoms with van der Waals surface area (Å²) in [6.07, 6.45) is 5.86. The molecule has 1 aromatic rings. The second kappa shape index (κ2) is 7.46. The molecule has 1 aromatic carbocycles. The molecule has 0 saturated heterocycles. The molecule has 0 radical (unpaired) electrons. The Hall–Kier alpha value is -1.55. The quantitative estimate of drug-likeness (QED) is 0.868. The Morgan fingerprint density at radius 2 is 1.86 bits per heavy atom. The van der Waals surface area contributed by atoms with Crippen LogP contribution in [0.1, 0.15) is 45.4 Å². The second-order valence-corrected chi connectivity index (χ2v) is 5.59. The third-order valence-electron chi connectivity index (χ3n) is 4.01. The molecule has 1 aliphatic rings. The minimum Gasteiger partial charge on any atom is -0.497 e. The van der Waals surface area contributed by atoms with E-state index in [9.17, 15) is 4.79 Å². The van der Waals surface area contributed by atoms with E-state index in [2.05, 4.69) is 12.2 Å². The molecule has 1 saturated carbocycles. The molecule has 1 amide bonds. The van der Waals surface area contributed by atoms with Crippen LogP contribution in [0.2, 0.25) is 0 Å². The lowest BCUT2D eigenvalue weighted by Crippen LogP contribution is -2.47. The van der Waals surface area contributed by atoms with Gasteiger partial charge in [-0.05, 0) is 43.5 Å². The van der Waals surface area contributed by atoms with Crippen LogP contribution in [0, 0.1) is 0 Å². The lowest BCUT2D eigenvalue weighted by atomic mass is 9.83. The number of rotatable bonds is 6. The molecule has 2 rings (SSSR count). The lowest BCUT2D eigenvalue weighted by Gasteiger charge is -2.35. The highest BCUT2D eigenvalue weighted by molar-refractivity contribution is 5.97. The second-order valence-electron chi connectivity index (χ2n) is 5.59. The highest BCUT2D eigenvalue weighted by Gasteiger charge is 2.40. The van der Waals surface area contributed by atoms with Crippen molar-refractivity contribution in [2.24, 2.45) is 0 Å². The van der Waals surface area contributed by atoms with Gasteiger partial charge >= 0.3 is 0 Å². The van der Waals surface area contributed by atoms with Gasteiger partial charge in [0, 0.05) is 12.3 Å². The van der Waals surface area contributed by atoms with Crippen LogP contribution in [0.25, 0.3) is 0 Å². The predicted octanol–water partition coefficient (Wildman–Crippen LogP) is 3.76. The predicted molar refractivity (Wildman–Crippen MR) is 83.7 cm³/mol. The number of anilines is 1. The summed E-state index contributed by atoms with van der Waals surface area (Å²) in [7, 11) is 1.63. The van der Waals surface area contributed by atoms with E-state index in [4.69, 9.17) is 9.47 Å². The molecule has 1 fully saturated rings. The van der Waals surface area contributed by atoms with Crippen molar-refractivity contribution in [3.63, 3.8) is 0 Å². The number of methoxy groups -OCH3 is 1. The first-order valence-corrected chi connectivity index (χ1v) is 7.79. The molecule has 21 heavy (non-hydrogen) atoms. The van der Waals surface area contributed by atoms with Gasteiger partial charge in [-0.2, -0.15) is 0 Å². The lowest BCUT2D eigenvalue weighted by molar-refractivity contribution is -0.146. The summed E-state index contributed by atoms with van der Waals surface area (Å²) in [5.74, 6) is 0.767. The van der Waals surface area contributed by atoms with Gasteiger partial charge in [0.15, 0.2) is 0 Å². The van der Waals surface area contributed by atoms with Gasteiger partial charge in [-0.15, -0.1) is 0 Å². The van der Waals surface area contributed by atoms with Gasteiger partial charge in [0.2, 0.25) is 0 Å². The Morgan fingerprint density at radius 3 is 2.43 bits per heavy atom. The van der Waals surface area contributed by atoms with E-state index in [1.165, 1.54) is 6.42 Å². The fourth-order valence-corrected chi connectivity index (χ4v) is 2.78. The Balaban J connectivity index is 2.06. The summed E-state index contributed by atoms with van der Waals surface area (Å²) < 4.78 is 11.1. The molecule has 4 nitrogen and oxygen atoms in total. The van der Waals surface area contributed by atoms with Gasteiger partial charge < -0.3 is 14.8 Å². The summed E-state index contributed by atoms with van der Waals surface area (Å²) in [6.45, 7) is 2.70. The van der Waals surface area contributed by atoms with Crippen molar-refractivity contribution in [1.29, 1.82) is 0 Å². The number of carbonyl (C=O) groups excluding carboxylic acids is 1. The third kappa shape index (κ3) is 3.97. The van der Waals surface area contributed by atoms with Crippen LogP contribution < -0.4 is 10.1 Å². The zero-order chi connectivity index (χ0) is 15.1. The van der Waals surface area contributed by atoms with E-state index < -0.39 is 5.60 Å². The number of hydrogen-bond acceptors (Lipinski definition) is 3. The summed E-state index contributed by atoms with van der Waals surface area (Å²) in [6, 6.07) is 7.40. The number of amides is 1. The van der Waals surface area contributed by atoms with E-state index in [0.717, 1.165) is 43.5 Å². The normalized spacial score (nSPS) is 17.2. The number of carbonyl (C=O) groups is 1. The molecule has 4 heteroatoms. The standard InChI is InChI=1S/C17H25NO3/c1-3-13-21-17(11-5-4-6-12-17)16(19)18-14-7-9-15(20-2)10-8-14/h7-10H,3-6,11-13H2,1-2H3,(H,18,19). The minimum atomic E-state index is -0.645. The highest BCUT2D eigenvalue weighted by atomic mass is 16.5. The van der Waals surface area contributed by atoms with Crippen molar-refractivity contribution in [2.75, 3.05) is 19.0 Å². The zero-order valence-corrected chi connectivity index (χ0v) is 13.0. The van der Waals surface area contributed by atoms with Crippen molar-refractivity contribution in [2.45, 2.75) is 51.0 Å². The van der Waals surface area contributed by atoms with Crippen LogP contribution in [-0.4, -0.2) is 25.2 Å². The van der Waals surface area contributed by atoms with Crippen molar-refractivity contribution in [1.82, 2.24) is 0 Å². The maximum absolute atomic E-state index is 12.7. The highest BCUT2D eigenvalue weighted by Crippen LogP contribution is 2.33. The van der Waals surface area contributed by atoms with Crippen LogP contribution in [0.15, 0.2) is 24.3 Å². The van der Waals surface area contributed by atoms with Gasteiger partial charge in [-0.3, -0.25) is 4.79 Å². The van der Waals surface area contributed by atoms with Gasteiger partial charge in [0.25, 0.3) is 5.91 Å². The van der Waals surface area contributed by atoms with Crippen molar-refractivity contribution >= 4 is 11.6 Å². The largest absolute Gasteiger partial charge is 0.497 e. The number of hydrogen-bond donors (Lipinski definition) is 1. The molecule has 0 unspecified atom stereocenters. The van der Waals surface area contributed by atoms with Gasteiger partial charge in [0.1, 0.15) is 11.4 Å². The van der Waals surface area contributed by atoms with E-state index in [1.807, 2.05) is 24.3 Å². The van der Waals surface area contributed by atoms with Gasteiger partial charge in [-0.25, -0.2) is 0 Å². The van der Waals surface area contributed by atoms with E-state index in [0.29, 0.717) is 6.61 Å². The molecule has 0 spiro atoms. The Bertz CT molecular complexity index is 450. The molecule has 116 valence electrons. The monoisotopic (exact) mass is 291 g/mol. The van der Waals surface area contributed by atoms with Crippen molar-refractivity contribution < 1.29 is 14.3 Å². The minimum absolute atomic E-state index is 0.0131. The van der Waals surface area contributed by atoms with Crippen molar-refractivity contribution in [3.8, 4) is 5.75 Å². The summed E-state index contributed by atoms with van der Waals surface area (Å²) in [5, 5.41) is 2.99. The summed E-state index contributed by atoms with van der Waals surface area (Å²) >= 11 is 0. The average Bonchev–Trinajstić information content (AvgIpc) is 2.54. The first-order valence-electron chi connectivity index (χ1n) is 7.79. The SMILES string of the molecule is CCCOC1(C(=O)Nc2ccc(OC)cc2)CCCCC1. The molecule has 0 atom stereocenters. The molecular formula is C17H25NO3. The molecular weight excluding hydrogens is 266 g/mol. The maximum atomic E-state index is 12.7. The molecule has 1 N–H and O–H groups in total. The van der Waals surface area contributed by atoms with Crippen LogP contribution in [0.4, 0.5) is 5.69 Å². The fourth-order valence-electron chi connectivity index (χ4n) is 2.78. The molecule has 1 aliphatic carbocycles. The van der Waals surface area contributed by atoms with E-state index >= 15 is 0 Å². The van der Waals surface area contributed by atoms with Gasteiger partial charge in [-0.1, -0.05) is 26.2 Å². The molecule has 0 aliphatic heterocycles. The van der Waals surface area contributed by atoms with E-state index in [-0.39, 0.29) is 5.91 Å². The smallest absolute Gasteiger partial charge is 0.256 e. The zero-order valence-electron chi connectivity index (χ0n) is 13.0. The third-order valence-corrected chi connectivity index (χ3v) is 4.01. The van der Waals surface area contributed by atoms with Gasteiger partial charge in [0.05, 0.1) is 7.11 Å². The first kappa shape index (κ1) is 15.8. The molecule has 0 heterocycles. The molecule has 0 bridgehead atoms. The molecule has 0 aromatic heterocycles. The van der Waals surface area contributed by atoms with Crippen LogP contribution in [-0.2, 0) is 9.53 Å². The first-order chi connectivity index (χ1) is 10.2.